The summed E-state index contributed by atoms with van der Waals surface area (Å²) in [5.74, 6) is -1.30. The molecule has 1 saturated heterocycles. The van der Waals surface area contributed by atoms with Gasteiger partial charge in [-0.1, -0.05) is 18.6 Å². The van der Waals surface area contributed by atoms with Crippen LogP contribution in [0.25, 0.3) is 0 Å². The number of carbonyl (C=O) groups is 1. The number of ether oxygens (including phenoxy) is 3. The molecule has 0 aromatic carbocycles. The van der Waals surface area contributed by atoms with Crippen molar-refractivity contribution in [3.8, 4) is 0 Å². The lowest BCUT2D eigenvalue weighted by molar-refractivity contribution is -0.209. The summed E-state index contributed by atoms with van der Waals surface area (Å²) >= 11 is 0. The van der Waals surface area contributed by atoms with Crippen molar-refractivity contribution in [2.24, 2.45) is 0 Å². The summed E-state index contributed by atoms with van der Waals surface area (Å²) in [7, 11) is 0. The van der Waals surface area contributed by atoms with Crippen molar-refractivity contribution in [3.05, 3.63) is 12.2 Å². The van der Waals surface area contributed by atoms with E-state index in [-0.39, 0.29) is 6.42 Å². The second kappa shape index (κ2) is 6.66. The van der Waals surface area contributed by atoms with Gasteiger partial charge in [-0.15, -0.1) is 0 Å². The summed E-state index contributed by atoms with van der Waals surface area (Å²) < 4.78 is 17.2. The van der Waals surface area contributed by atoms with E-state index in [4.69, 9.17) is 14.2 Å². The highest BCUT2D eigenvalue weighted by atomic mass is 16.8. The van der Waals surface area contributed by atoms with E-state index in [1.54, 1.807) is 12.2 Å². The number of esters is 1. The summed E-state index contributed by atoms with van der Waals surface area (Å²) in [6, 6.07) is 0. The van der Waals surface area contributed by atoms with Crippen LogP contribution in [-0.4, -0.2) is 53.0 Å². The van der Waals surface area contributed by atoms with Gasteiger partial charge in [0.05, 0.1) is 12.7 Å². The molecule has 2 N–H and O–H groups in total. The normalized spacial score (nSPS) is 40.5. The first-order valence-corrected chi connectivity index (χ1v) is 8.13. The second-order valence-electron chi connectivity index (χ2n) is 6.37. The SMILES string of the molecule is O=C1O[C@H]([C@@H]2COC3(CCCCC3)O2)[C@H](O)C/C=C\C[C@H]1O. The molecule has 0 amide bonds. The molecule has 0 bridgehead atoms. The summed E-state index contributed by atoms with van der Waals surface area (Å²) in [5.41, 5.74) is 0. The minimum Gasteiger partial charge on any atom is -0.455 e. The molecule has 6 heteroatoms. The van der Waals surface area contributed by atoms with Gasteiger partial charge in [0.25, 0.3) is 0 Å². The monoisotopic (exact) mass is 312 g/mol. The lowest BCUT2D eigenvalue weighted by Crippen LogP contribution is -2.45. The molecule has 22 heavy (non-hydrogen) atoms. The molecule has 2 heterocycles. The number of rotatable bonds is 1. The highest BCUT2D eigenvalue weighted by Crippen LogP contribution is 2.39. The highest BCUT2D eigenvalue weighted by Gasteiger charge is 2.47. The van der Waals surface area contributed by atoms with Gasteiger partial charge in [-0.2, -0.15) is 0 Å². The minimum absolute atomic E-state index is 0.199. The summed E-state index contributed by atoms with van der Waals surface area (Å²) in [6.45, 7) is 0.300. The molecule has 0 aromatic heterocycles. The maximum Gasteiger partial charge on any atom is 0.335 e. The standard InChI is InChI=1S/C16H24O6/c17-11-6-2-3-7-12(18)15(19)21-14(11)13-10-20-16(22-13)8-4-1-5-9-16/h2-3,11-14,17-18H,1,4-10H2/b3-2-/t11-,12-,13+,14+/m1/s1. The van der Waals surface area contributed by atoms with E-state index >= 15 is 0 Å². The first kappa shape index (κ1) is 15.9. The average molecular weight is 312 g/mol. The van der Waals surface area contributed by atoms with Crippen LogP contribution in [0.5, 0.6) is 0 Å². The van der Waals surface area contributed by atoms with Crippen molar-refractivity contribution >= 4 is 5.97 Å². The van der Waals surface area contributed by atoms with E-state index < -0.39 is 36.2 Å². The molecule has 0 unspecified atom stereocenters. The lowest BCUT2D eigenvalue weighted by atomic mass is 9.94. The molecular formula is C16H24O6. The number of aliphatic hydroxyl groups is 2. The first-order chi connectivity index (χ1) is 10.6. The number of aliphatic hydroxyl groups excluding tert-OH is 2. The van der Waals surface area contributed by atoms with Crippen molar-refractivity contribution in [1.29, 1.82) is 0 Å². The zero-order valence-electron chi connectivity index (χ0n) is 12.6. The molecule has 0 radical (unpaired) electrons. The van der Waals surface area contributed by atoms with Crippen molar-refractivity contribution in [2.45, 2.75) is 75.1 Å². The molecule has 1 saturated carbocycles. The van der Waals surface area contributed by atoms with Crippen molar-refractivity contribution < 1.29 is 29.2 Å². The largest absolute Gasteiger partial charge is 0.455 e. The molecule has 3 rings (SSSR count). The molecule has 124 valence electrons. The average Bonchev–Trinajstić information content (AvgIpc) is 2.93. The van der Waals surface area contributed by atoms with E-state index in [1.807, 2.05) is 0 Å². The van der Waals surface area contributed by atoms with Gasteiger partial charge in [0.2, 0.25) is 0 Å². The highest BCUT2D eigenvalue weighted by molar-refractivity contribution is 5.74. The second-order valence-corrected chi connectivity index (χ2v) is 6.37. The predicted octanol–water partition coefficient (Wildman–Crippen LogP) is 1.05. The van der Waals surface area contributed by atoms with Gasteiger partial charge in [-0.3, -0.25) is 0 Å². The Hall–Kier alpha value is -0.950. The van der Waals surface area contributed by atoms with Gasteiger partial charge in [-0.05, 0) is 19.3 Å². The summed E-state index contributed by atoms with van der Waals surface area (Å²) in [4.78, 5) is 11.9. The third-order valence-electron chi connectivity index (χ3n) is 4.67. The number of hydrogen-bond acceptors (Lipinski definition) is 6. The fourth-order valence-corrected chi connectivity index (χ4v) is 3.40. The Labute approximate surface area is 130 Å². The minimum atomic E-state index is -1.20. The van der Waals surface area contributed by atoms with Crippen LogP contribution in [0.2, 0.25) is 0 Å². The molecular weight excluding hydrogens is 288 g/mol. The smallest absolute Gasteiger partial charge is 0.335 e. The van der Waals surface area contributed by atoms with Crippen LogP contribution in [0.15, 0.2) is 12.2 Å². The van der Waals surface area contributed by atoms with Crippen LogP contribution >= 0.6 is 0 Å². The number of hydrogen-bond donors (Lipinski definition) is 2. The third-order valence-corrected chi connectivity index (χ3v) is 4.67. The summed E-state index contributed by atoms with van der Waals surface area (Å²) in [5, 5.41) is 20.0. The van der Waals surface area contributed by atoms with Crippen molar-refractivity contribution in [3.63, 3.8) is 0 Å². The topological polar surface area (TPSA) is 85.2 Å². The fourth-order valence-electron chi connectivity index (χ4n) is 3.40. The predicted molar refractivity (Wildman–Crippen MR) is 76.9 cm³/mol. The Balaban J connectivity index is 1.71. The van der Waals surface area contributed by atoms with Gasteiger partial charge in [0, 0.05) is 19.3 Å². The van der Waals surface area contributed by atoms with Crippen LogP contribution in [-0.2, 0) is 19.0 Å². The molecule has 0 aromatic rings. The van der Waals surface area contributed by atoms with Crippen LogP contribution < -0.4 is 0 Å². The lowest BCUT2D eigenvalue weighted by Gasteiger charge is -2.33. The van der Waals surface area contributed by atoms with Crippen molar-refractivity contribution in [1.82, 2.24) is 0 Å². The van der Waals surface area contributed by atoms with E-state index in [0.717, 1.165) is 25.7 Å². The van der Waals surface area contributed by atoms with Crippen LogP contribution in [0, 0.1) is 0 Å². The van der Waals surface area contributed by atoms with E-state index in [9.17, 15) is 15.0 Å². The molecule has 2 fully saturated rings. The van der Waals surface area contributed by atoms with Crippen molar-refractivity contribution in [2.75, 3.05) is 6.61 Å². The van der Waals surface area contributed by atoms with E-state index in [1.165, 1.54) is 6.42 Å². The summed E-state index contributed by atoms with van der Waals surface area (Å²) in [6.07, 6.45) is 5.60. The Bertz CT molecular complexity index is 428. The Morgan fingerprint density at radius 3 is 2.59 bits per heavy atom. The van der Waals surface area contributed by atoms with Crippen LogP contribution in [0.1, 0.15) is 44.9 Å². The number of cyclic esters (lactones) is 1. The van der Waals surface area contributed by atoms with E-state index in [2.05, 4.69) is 0 Å². The van der Waals surface area contributed by atoms with Gasteiger partial charge in [0.15, 0.2) is 18.0 Å². The quantitative estimate of drug-likeness (QED) is 0.556. The molecule has 6 nitrogen and oxygen atoms in total. The number of carbonyl (C=O) groups excluding carboxylic acids is 1. The Kier molecular flexibility index (Phi) is 4.82. The molecule has 4 atom stereocenters. The fraction of sp³-hybridized carbons (Fsp3) is 0.812. The zero-order valence-corrected chi connectivity index (χ0v) is 12.6. The molecule has 3 aliphatic rings. The maximum absolute atomic E-state index is 11.9. The molecule has 2 aliphatic heterocycles. The maximum atomic E-state index is 11.9. The molecule has 1 aliphatic carbocycles. The Morgan fingerprint density at radius 2 is 1.82 bits per heavy atom. The van der Waals surface area contributed by atoms with Crippen LogP contribution in [0.4, 0.5) is 0 Å². The molecule has 1 spiro atoms. The van der Waals surface area contributed by atoms with Gasteiger partial charge < -0.3 is 24.4 Å². The van der Waals surface area contributed by atoms with Gasteiger partial charge >= 0.3 is 5.97 Å². The zero-order chi connectivity index (χ0) is 15.6. The Morgan fingerprint density at radius 1 is 1.09 bits per heavy atom. The first-order valence-electron chi connectivity index (χ1n) is 8.13. The van der Waals surface area contributed by atoms with E-state index in [0.29, 0.717) is 13.0 Å². The van der Waals surface area contributed by atoms with Crippen LogP contribution in [0.3, 0.4) is 0 Å². The van der Waals surface area contributed by atoms with Gasteiger partial charge in [-0.25, -0.2) is 4.79 Å². The third kappa shape index (κ3) is 3.35. The van der Waals surface area contributed by atoms with Gasteiger partial charge in [0.1, 0.15) is 6.10 Å².